The second kappa shape index (κ2) is 19.4. The van der Waals surface area contributed by atoms with E-state index in [9.17, 15) is 44.1 Å². The van der Waals surface area contributed by atoms with E-state index in [2.05, 4.69) is 32.0 Å². The Bertz CT molecular complexity index is 915. The van der Waals surface area contributed by atoms with E-state index in [4.69, 9.17) is 11.5 Å². The van der Waals surface area contributed by atoms with Crippen LogP contribution in [0.3, 0.4) is 0 Å². The van der Waals surface area contributed by atoms with E-state index in [0.29, 0.717) is 12.2 Å². The van der Waals surface area contributed by atoms with Crippen LogP contribution in [0.5, 0.6) is 0 Å². The fourth-order valence-corrected chi connectivity index (χ4v) is 3.66. The first-order valence-electron chi connectivity index (χ1n) is 12.4. The van der Waals surface area contributed by atoms with Gasteiger partial charge in [0.15, 0.2) is 6.04 Å². The van der Waals surface area contributed by atoms with Gasteiger partial charge >= 0.3 is 5.96 Å². The number of guanidine groups is 1. The van der Waals surface area contributed by atoms with Crippen LogP contribution in [0.1, 0.15) is 39.0 Å². The van der Waals surface area contributed by atoms with E-state index in [1.54, 1.807) is 6.26 Å². The lowest BCUT2D eigenvalue weighted by molar-refractivity contribution is -0.459. The van der Waals surface area contributed by atoms with Gasteiger partial charge in [0.1, 0.15) is 12.1 Å². The van der Waals surface area contributed by atoms with E-state index in [1.807, 2.05) is 0 Å². The summed E-state index contributed by atoms with van der Waals surface area (Å²) in [5.74, 6) is -5.74. The molecule has 0 aromatic heterocycles. The molecule has 18 heteroatoms. The Balaban J connectivity index is 5.30. The summed E-state index contributed by atoms with van der Waals surface area (Å²) in [6.45, 7) is 0.835. The number of nitrogens with one attached hydrogen (secondary N) is 5. The van der Waals surface area contributed by atoms with Crippen molar-refractivity contribution >= 4 is 53.3 Å². The van der Waals surface area contributed by atoms with Crippen molar-refractivity contribution in [2.75, 3.05) is 25.1 Å². The van der Waals surface area contributed by atoms with Crippen LogP contribution >= 0.6 is 11.8 Å². The minimum Gasteiger partial charge on any atom is -0.550 e. The van der Waals surface area contributed by atoms with Gasteiger partial charge < -0.3 is 51.9 Å². The zero-order valence-electron chi connectivity index (χ0n) is 22.5. The molecule has 0 rings (SSSR count). The van der Waals surface area contributed by atoms with E-state index in [0.717, 1.165) is 6.92 Å². The van der Waals surface area contributed by atoms with Crippen LogP contribution in [0.4, 0.5) is 0 Å². The number of hydrogen-bond acceptors (Lipinski definition) is 10. The lowest BCUT2D eigenvalue weighted by Crippen LogP contribution is -2.78. The van der Waals surface area contributed by atoms with E-state index < -0.39 is 78.8 Å². The summed E-state index contributed by atoms with van der Waals surface area (Å²) < 4.78 is 0. The third-order valence-electron chi connectivity index (χ3n) is 5.42. The third kappa shape index (κ3) is 15.7. The largest absolute Gasteiger partial charge is 0.550 e. The van der Waals surface area contributed by atoms with E-state index >= 15 is 0 Å². The molecule has 0 saturated heterocycles. The molecule has 0 spiro atoms. The molecule has 13 N–H and O–H groups in total. The molecule has 40 heavy (non-hydrogen) atoms. The van der Waals surface area contributed by atoms with Crippen LogP contribution < -0.4 is 53.7 Å². The summed E-state index contributed by atoms with van der Waals surface area (Å²) in [6, 6.07) is -4.98. The van der Waals surface area contributed by atoms with Crippen molar-refractivity contribution in [3.05, 3.63) is 0 Å². The fraction of sp³-hybridized carbons (Fsp3) is 0.682. The van der Waals surface area contributed by atoms with Gasteiger partial charge in [0.25, 0.3) is 5.91 Å². The molecule has 0 saturated carbocycles. The number of rotatable bonds is 20. The van der Waals surface area contributed by atoms with Crippen molar-refractivity contribution in [3.63, 3.8) is 0 Å². The molecule has 0 aliphatic heterocycles. The highest BCUT2D eigenvalue weighted by molar-refractivity contribution is 7.98. The highest BCUT2D eigenvalue weighted by Gasteiger charge is 2.28. The molecule has 0 aliphatic carbocycles. The van der Waals surface area contributed by atoms with Crippen molar-refractivity contribution in [3.8, 4) is 0 Å². The number of carbonyl (C=O) groups is 6. The monoisotopic (exact) mass is 592 g/mol. The molecular weight excluding hydrogens is 552 g/mol. The molecular formula is C22H40N8O9S. The van der Waals surface area contributed by atoms with Crippen LogP contribution in [-0.2, 0) is 28.8 Å². The van der Waals surface area contributed by atoms with Crippen molar-refractivity contribution < 1.29 is 54.8 Å². The van der Waals surface area contributed by atoms with Crippen LogP contribution in [0, 0.1) is 0 Å². The molecule has 5 atom stereocenters. The number of carboxylic acids is 2. The van der Waals surface area contributed by atoms with Crippen LogP contribution in [-0.4, -0.2) is 102 Å². The van der Waals surface area contributed by atoms with Crippen molar-refractivity contribution in [2.45, 2.75) is 69.3 Å². The summed E-state index contributed by atoms with van der Waals surface area (Å²) in [4.78, 5) is 74.8. The Morgan fingerprint density at radius 3 is 2.10 bits per heavy atom. The van der Waals surface area contributed by atoms with Gasteiger partial charge in [-0.1, -0.05) is 0 Å². The lowest BCUT2D eigenvalue weighted by Gasteiger charge is -2.26. The maximum Gasteiger partial charge on any atom is 0.338 e. The highest BCUT2D eigenvalue weighted by Crippen LogP contribution is 2.03. The Morgan fingerprint density at radius 2 is 1.57 bits per heavy atom. The lowest BCUT2D eigenvalue weighted by atomic mass is 10.1. The summed E-state index contributed by atoms with van der Waals surface area (Å²) in [6.07, 6.45) is 0.327. The Morgan fingerprint density at radius 1 is 0.950 bits per heavy atom. The quantitative estimate of drug-likeness (QED) is 0.0361. The van der Waals surface area contributed by atoms with Crippen molar-refractivity contribution in [1.82, 2.24) is 21.3 Å². The maximum atomic E-state index is 12.8. The van der Waals surface area contributed by atoms with Gasteiger partial charge in [-0.15, -0.1) is 0 Å². The number of aliphatic hydroxyl groups is 1. The SMILES string of the molecule is CSCC[C@H](NC(=O)CNC(=O)[C@H](CCC[NH+]=C(N)N)NC(=O)[C@@H]([NH3+])CCC(=O)[O-])C(=O)N[C@H](C(=O)[O-])[C@@H](C)O. The zero-order chi connectivity index (χ0) is 30.8. The number of quaternary nitrogens is 1. The normalized spacial score (nSPS) is 14.4. The first-order valence-corrected chi connectivity index (χ1v) is 13.8. The van der Waals surface area contributed by atoms with Gasteiger partial charge in [0.05, 0.1) is 31.2 Å². The summed E-state index contributed by atoms with van der Waals surface area (Å²) in [5.41, 5.74) is 14.2. The number of thioether (sulfide) groups is 1. The number of carbonyl (C=O) groups excluding carboxylic acids is 6. The minimum absolute atomic E-state index is 0.0405. The molecule has 0 aromatic rings. The van der Waals surface area contributed by atoms with Gasteiger partial charge in [-0.25, -0.2) is 0 Å². The topological polar surface area (TPSA) is 311 Å². The van der Waals surface area contributed by atoms with Crippen molar-refractivity contribution in [2.24, 2.45) is 11.5 Å². The van der Waals surface area contributed by atoms with Gasteiger partial charge in [-0.3, -0.25) is 35.6 Å². The molecule has 4 amide bonds. The number of aliphatic hydroxyl groups excluding tert-OH is 1. The molecule has 228 valence electrons. The smallest absolute Gasteiger partial charge is 0.338 e. The average molecular weight is 593 g/mol. The molecule has 0 radical (unpaired) electrons. The Labute approximate surface area is 235 Å². The summed E-state index contributed by atoms with van der Waals surface area (Å²) in [5, 5.41) is 40.8. The van der Waals surface area contributed by atoms with Gasteiger partial charge in [0.2, 0.25) is 17.7 Å². The summed E-state index contributed by atoms with van der Waals surface area (Å²) in [7, 11) is 0. The minimum atomic E-state index is -1.70. The second-order valence-electron chi connectivity index (χ2n) is 8.86. The maximum absolute atomic E-state index is 12.8. The van der Waals surface area contributed by atoms with E-state index in [-0.39, 0.29) is 31.8 Å². The molecule has 0 heterocycles. The number of nitrogens with two attached hydrogens (primary N) is 2. The fourth-order valence-electron chi connectivity index (χ4n) is 3.19. The standard InChI is InChI=1S/C22H40N8O9S/c1-11(31)17(21(38)39)30-20(37)14(7-9-40-2)28-15(32)10-27-19(36)13(4-3-8-26-22(24)25)29-18(35)12(23)5-6-16(33)34/h11-14,17,31H,3-10,23H2,1-2H3,(H,27,36)(H,28,32)(H,29,35)(H,30,37)(H,33,34)(H,38,39)(H4,24,25,26)/t11-,12+,13+,14+,17+/m1/s1. The van der Waals surface area contributed by atoms with Gasteiger partial charge in [0, 0.05) is 12.4 Å². The molecule has 17 nitrogen and oxygen atoms in total. The van der Waals surface area contributed by atoms with Gasteiger partial charge in [-0.05, 0) is 44.6 Å². The molecule has 0 aromatic carbocycles. The molecule has 0 bridgehead atoms. The number of amides is 4. The Hall–Kier alpha value is -3.64. The summed E-state index contributed by atoms with van der Waals surface area (Å²) >= 11 is 1.37. The van der Waals surface area contributed by atoms with Crippen LogP contribution in [0.2, 0.25) is 0 Å². The van der Waals surface area contributed by atoms with Crippen LogP contribution in [0.25, 0.3) is 0 Å². The van der Waals surface area contributed by atoms with Gasteiger partial charge in [-0.2, -0.15) is 11.8 Å². The second-order valence-corrected chi connectivity index (χ2v) is 9.84. The Kier molecular flexibility index (Phi) is 17.7. The molecule has 0 unspecified atom stereocenters. The number of carboxylic acid groups (broad SMARTS) is 2. The molecule has 0 fully saturated rings. The number of hydrogen-bond donors (Lipinski definition) is 9. The third-order valence-corrected chi connectivity index (χ3v) is 6.06. The van der Waals surface area contributed by atoms with Crippen molar-refractivity contribution in [1.29, 1.82) is 0 Å². The average Bonchev–Trinajstić information content (AvgIpc) is 2.87. The number of aliphatic carboxylic acids is 2. The zero-order valence-corrected chi connectivity index (χ0v) is 23.3. The van der Waals surface area contributed by atoms with Crippen LogP contribution in [0.15, 0.2) is 0 Å². The first-order chi connectivity index (χ1) is 18.7. The highest BCUT2D eigenvalue weighted by atomic mass is 32.2. The predicted octanol–water partition coefficient (Wildman–Crippen LogP) is -9.28. The van der Waals surface area contributed by atoms with E-state index in [1.165, 1.54) is 11.8 Å². The first kappa shape index (κ1) is 36.4. The predicted molar refractivity (Wildman–Crippen MR) is 138 cm³/mol. The molecule has 0 aliphatic rings.